The number of hydrogen-bond acceptors (Lipinski definition) is 4. The van der Waals surface area contributed by atoms with E-state index in [1.54, 1.807) is 4.90 Å². The smallest absolute Gasteiger partial charge is 0.354 e. The number of pyridine rings is 1. The van der Waals surface area contributed by atoms with E-state index in [0.717, 1.165) is 18.4 Å². The molecule has 2 heterocycles. The van der Waals surface area contributed by atoms with E-state index in [-0.39, 0.29) is 17.6 Å². The van der Waals surface area contributed by atoms with Gasteiger partial charge in [0, 0.05) is 18.8 Å². The van der Waals surface area contributed by atoms with Crippen molar-refractivity contribution in [1.29, 1.82) is 0 Å². The first-order valence-corrected chi connectivity index (χ1v) is 8.29. The van der Waals surface area contributed by atoms with Crippen LogP contribution in [0, 0.1) is 0 Å². The summed E-state index contributed by atoms with van der Waals surface area (Å²) in [6.07, 6.45) is 2.90. The van der Waals surface area contributed by atoms with Crippen LogP contribution in [0.3, 0.4) is 0 Å². The van der Waals surface area contributed by atoms with Crippen molar-refractivity contribution in [2.45, 2.75) is 31.4 Å². The lowest BCUT2D eigenvalue weighted by Crippen LogP contribution is -2.36. The summed E-state index contributed by atoms with van der Waals surface area (Å²) in [5.74, 6) is -1.30. The molecule has 1 aliphatic heterocycles. The molecule has 2 atom stereocenters. The van der Waals surface area contributed by atoms with Crippen LogP contribution in [0.15, 0.2) is 48.7 Å². The summed E-state index contributed by atoms with van der Waals surface area (Å²) < 4.78 is 0. The Labute approximate surface area is 145 Å². The molecular formula is C19H20N2O4. The van der Waals surface area contributed by atoms with Crippen molar-refractivity contribution in [3.8, 4) is 0 Å². The highest BCUT2D eigenvalue weighted by molar-refractivity contribution is 5.95. The van der Waals surface area contributed by atoms with E-state index in [1.807, 2.05) is 30.3 Å². The fourth-order valence-electron chi connectivity index (χ4n) is 3.23. The highest BCUT2D eigenvalue weighted by Gasteiger charge is 2.31. The van der Waals surface area contributed by atoms with Crippen molar-refractivity contribution in [2.24, 2.45) is 0 Å². The van der Waals surface area contributed by atoms with E-state index in [4.69, 9.17) is 5.11 Å². The quantitative estimate of drug-likeness (QED) is 0.873. The van der Waals surface area contributed by atoms with Gasteiger partial charge < -0.3 is 15.1 Å². The van der Waals surface area contributed by atoms with Crippen molar-refractivity contribution >= 4 is 11.9 Å². The van der Waals surface area contributed by atoms with Crippen molar-refractivity contribution < 1.29 is 19.8 Å². The predicted molar refractivity (Wildman–Crippen MR) is 91.3 cm³/mol. The van der Waals surface area contributed by atoms with Gasteiger partial charge in [-0.3, -0.25) is 4.79 Å². The van der Waals surface area contributed by atoms with Gasteiger partial charge in [-0.15, -0.1) is 0 Å². The summed E-state index contributed by atoms with van der Waals surface area (Å²) >= 11 is 0. The number of carboxylic acids is 1. The molecule has 25 heavy (non-hydrogen) atoms. The predicted octanol–water partition coefficient (Wildman–Crippen LogP) is 2.51. The fourth-order valence-corrected chi connectivity index (χ4v) is 3.23. The molecule has 1 saturated heterocycles. The molecule has 1 aromatic carbocycles. The van der Waals surface area contributed by atoms with Crippen LogP contribution in [0.5, 0.6) is 0 Å². The number of nitrogens with zero attached hydrogens (tertiary/aromatic N) is 2. The van der Waals surface area contributed by atoms with Crippen LogP contribution >= 0.6 is 0 Å². The number of aromatic carboxylic acids is 1. The number of carbonyl (C=O) groups is 2. The molecule has 2 unspecified atom stereocenters. The number of hydrogen-bond donors (Lipinski definition) is 2. The summed E-state index contributed by atoms with van der Waals surface area (Å²) in [7, 11) is 0. The summed E-state index contributed by atoms with van der Waals surface area (Å²) in [6.45, 7) is 0.631. The number of aliphatic hydroxyl groups excluding tert-OH is 1. The van der Waals surface area contributed by atoms with Crippen molar-refractivity contribution in [3.05, 3.63) is 65.5 Å². The first-order valence-electron chi connectivity index (χ1n) is 8.29. The van der Waals surface area contributed by atoms with Crippen LogP contribution in [-0.4, -0.2) is 44.6 Å². The van der Waals surface area contributed by atoms with Gasteiger partial charge >= 0.3 is 5.97 Å². The number of carbonyl (C=O) groups excluding carboxylic acids is 1. The average Bonchev–Trinajstić information content (AvgIpc) is 3.10. The molecule has 1 aliphatic rings. The zero-order valence-electron chi connectivity index (χ0n) is 13.7. The van der Waals surface area contributed by atoms with Gasteiger partial charge in [0.05, 0.1) is 11.7 Å². The van der Waals surface area contributed by atoms with Gasteiger partial charge in [-0.2, -0.15) is 0 Å². The largest absolute Gasteiger partial charge is 0.477 e. The van der Waals surface area contributed by atoms with E-state index < -0.39 is 12.1 Å². The van der Waals surface area contributed by atoms with Gasteiger partial charge in [-0.1, -0.05) is 30.3 Å². The maximum absolute atomic E-state index is 12.7. The highest BCUT2D eigenvalue weighted by Crippen LogP contribution is 2.28. The number of rotatable bonds is 5. The Balaban J connectivity index is 1.70. The molecule has 130 valence electrons. The minimum atomic E-state index is -1.12. The molecular weight excluding hydrogens is 320 g/mol. The maximum atomic E-state index is 12.7. The summed E-state index contributed by atoms with van der Waals surface area (Å²) in [6, 6.07) is 12.2. The maximum Gasteiger partial charge on any atom is 0.354 e. The lowest BCUT2D eigenvalue weighted by molar-refractivity contribution is 0.0658. The summed E-state index contributed by atoms with van der Waals surface area (Å²) in [5.41, 5.74) is 1.12. The van der Waals surface area contributed by atoms with Gasteiger partial charge in [0.2, 0.25) is 0 Å². The van der Waals surface area contributed by atoms with E-state index in [9.17, 15) is 14.7 Å². The third-order valence-electron chi connectivity index (χ3n) is 4.55. The highest BCUT2D eigenvalue weighted by atomic mass is 16.4. The molecule has 1 aromatic heterocycles. The molecule has 2 aromatic rings. The van der Waals surface area contributed by atoms with E-state index in [2.05, 4.69) is 4.98 Å². The van der Waals surface area contributed by atoms with Crippen LogP contribution in [0.4, 0.5) is 0 Å². The average molecular weight is 340 g/mol. The molecule has 6 nitrogen and oxygen atoms in total. The molecule has 3 rings (SSSR count). The monoisotopic (exact) mass is 340 g/mol. The van der Waals surface area contributed by atoms with E-state index in [1.165, 1.54) is 18.3 Å². The molecule has 0 aliphatic carbocycles. The Morgan fingerprint density at radius 2 is 1.96 bits per heavy atom. The zero-order valence-corrected chi connectivity index (χ0v) is 13.7. The Hall–Kier alpha value is -2.73. The normalized spacial score (nSPS) is 18.1. The lowest BCUT2D eigenvalue weighted by atomic mass is 10.0. The minimum Gasteiger partial charge on any atom is -0.477 e. The van der Waals surface area contributed by atoms with Gasteiger partial charge in [-0.25, -0.2) is 9.78 Å². The summed E-state index contributed by atoms with van der Waals surface area (Å²) in [5, 5.41) is 19.3. The first kappa shape index (κ1) is 17.1. The molecule has 1 fully saturated rings. The zero-order chi connectivity index (χ0) is 17.8. The van der Waals surface area contributed by atoms with Crippen molar-refractivity contribution in [2.75, 3.05) is 6.54 Å². The standard InChI is InChI=1S/C19H20N2O4/c22-17(13-5-2-1-3-6-13)11-15-7-4-10-21(15)18(23)14-8-9-16(19(24)25)20-12-14/h1-3,5-6,8-9,12,15,17,22H,4,7,10-11H2,(H,24,25). The molecule has 1 amide bonds. The second kappa shape index (κ2) is 7.44. The third-order valence-corrected chi connectivity index (χ3v) is 4.55. The number of carboxylic acid groups (broad SMARTS) is 1. The number of aromatic nitrogens is 1. The van der Waals surface area contributed by atoms with Gasteiger partial charge in [0.25, 0.3) is 5.91 Å². The second-order valence-corrected chi connectivity index (χ2v) is 6.19. The van der Waals surface area contributed by atoms with E-state index in [0.29, 0.717) is 18.5 Å². The first-order chi connectivity index (χ1) is 12.1. The van der Waals surface area contributed by atoms with Crippen molar-refractivity contribution in [1.82, 2.24) is 9.88 Å². The Kier molecular flexibility index (Phi) is 5.09. The van der Waals surface area contributed by atoms with Gasteiger partial charge in [0.15, 0.2) is 0 Å². The van der Waals surface area contributed by atoms with Crippen LogP contribution < -0.4 is 0 Å². The third kappa shape index (κ3) is 3.85. The molecule has 0 bridgehead atoms. The lowest BCUT2D eigenvalue weighted by Gasteiger charge is -2.26. The molecule has 2 N–H and O–H groups in total. The number of likely N-dealkylation sites (tertiary alicyclic amines) is 1. The molecule has 0 radical (unpaired) electrons. The summed E-state index contributed by atoms with van der Waals surface area (Å²) in [4.78, 5) is 29.1. The number of benzene rings is 1. The molecule has 0 saturated carbocycles. The van der Waals surface area contributed by atoms with E-state index >= 15 is 0 Å². The number of aliphatic hydroxyl groups is 1. The molecule has 0 spiro atoms. The van der Waals surface area contributed by atoms with Gasteiger partial charge in [-0.05, 0) is 37.0 Å². The Bertz CT molecular complexity index is 746. The Morgan fingerprint density at radius 1 is 1.20 bits per heavy atom. The van der Waals surface area contributed by atoms with Crippen molar-refractivity contribution in [3.63, 3.8) is 0 Å². The van der Waals surface area contributed by atoms with Crippen LogP contribution in [0.2, 0.25) is 0 Å². The fraction of sp³-hybridized carbons (Fsp3) is 0.316. The molecule has 6 heteroatoms. The minimum absolute atomic E-state index is 0.0399. The Morgan fingerprint density at radius 3 is 2.60 bits per heavy atom. The number of amides is 1. The van der Waals surface area contributed by atoms with Gasteiger partial charge in [0.1, 0.15) is 5.69 Å². The van der Waals surface area contributed by atoms with Crippen LogP contribution in [0.1, 0.15) is 51.8 Å². The van der Waals surface area contributed by atoms with Crippen LogP contribution in [0.25, 0.3) is 0 Å². The second-order valence-electron chi connectivity index (χ2n) is 6.19. The van der Waals surface area contributed by atoms with Crippen LogP contribution in [-0.2, 0) is 0 Å². The SMILES string of the molecule is O=C(O)c1ccc(C(=O)N2CCCC2CC(O)c2ccccc2)cn1. The topological polar surface area (TPSA) is 90.7 Å².